The van der Waals surface area contributed by atoms with E-state index >= 15 is 0 Å². The van der Waals surface area contributed by atoms with E-state index in [0.717, 1.165) is 16.1 Å². The number of carbonyl (C=O) groups is 1. The average Bonchev–Trinajstić information content (AvgIpc) is 2.98. The molecule has 1 unspecified atom stereocenters. The Kier molecular flexibility index (Phi) is 3.57. The third kappa shape index (κ3) is 2.36. The first-order chi connectivity index (χ1) is 10.1. The molecule has 3 heterocycles. The molecule has 21 heavy (non-hydrogen) atoms. The molecule has 1 atom stereocenters. The Morgan fingerprint density at radius 2 is 2.33 bits per heavy atom. The molecule has 0 bridgehead atoms. The van der Waals surface area contributed by atoms with E-state index in [1.165, 1.54) is 11.3 Å². The van der Waals surface area contributed by atoms with Crippen LogP contribution in [-0.2, 0) is 4.74 Å². The third-order valence-electron chi connectivity index (χ3n) is 3.34. The van der Waals surface area contributed by atoms with Gasteiger partial charge in [-0.3, -0.25) is 5.01 Å². The molecule has 2 aliphatic heterocycles. The number of hydrogen-bond acceptors (Lipinski definition) is 6. The number of esters is 1. The first-order valence-electron chi connectivity index (χ1n) is 6.76. The predicted octanol–water partition coefficient (Wildman–Crippen LogP) is 2.63. The van der Waals surface area contributed by atoms with Gasteiger partial charge in [-0.05, 0) is 32.1 Å². The fourth-order valence-corrected chi connectivity index (χ4v) is 3.55. The van der Waals surface area contributed by atoms with Gasteiger partial charge in [0.25, 0.3) is 0 Å². The molecule has 0 aromatic carbocycles. The molecule has 0 saturated carbocycles. The molecule has 1 aromatic heterocycles. The van der Waals surface area contributed by atoms with E-state index in [1.807, 2.05) is 36.4 Å². The van der Waals surface area contributed by atoms with Crippen LogP contribution in [-0.4, -0.2) is 28.7 Å². The average molecular weight is 304 g/mol. The van der Waals surface area contributed by atoms with Crippen molar-refractivity contribution >= 4 is 22.9 Å². The number of thiophene rings is 1. The molecule has 0 spiro atoms. The second-order valence-electron chi connectivity index (χ2n) is 4.77. The van der Waals surface area contributed by atoms with Crippen molar-refractivity contribution in [3.63, 3.8) is 0 Å². The number of rotatable bonds is 3. The summed E-state index contributed by atoms with van der Waals surface area (Å²) in [6, 6.07) is 1.73. The molecule has 0 saturated heterocycles. The Balaban J connectivity index is 2.01. The highest BCUT2D eigenvalue weighted by atomic mass is 32.1. The Hall–Kier alpha value is -2.05. The molecule has 6 heteroatoms. The number of hydrazine groups is 1. The van der Waals surface area contributed by atoms with E-state index in [2.05, 4.69) is 5.43 Å². The monoisotopic (exact) mass is 304 g/mol. The van der Waals surface area contributed by atoms with Gasteiger partial charge in [-0.25, -0.2) is 10.2 Å². The number of fused-ring (bicyclic) bond motifs is 1. The summed E-state index contributed by atoms with van der Waals surface area (Å²) >= 11 is 1.26. The summed E-state index contributed by atoms with van der Waals surface area (Å²) in [5.41, 5.74) is 5.41. The van der Waals surface area contributed by atoms with Gasteiger partial charge in [-0.2, -0.15) is 0 Å². The second kappa shape index (κ2) is 5.38. The molecule has 5 nitrogen and oxygen atoms in total. The highest BCUT2D eigenvalue weighted by Gasteiger charge is 2.30. The number of hydrogen-bond donors (Lipinski definition) is 2. The summed E-state index contributed by atoms with van der Waals surface area (Å²) in [6.07, 6.45) is 7.86. The van der Waals surface area contributed by atoms with Crippen LogP contribution in [0.4, 0.5) is 0 Å². The summed E-state index contributed by atoms with van der Waals surface area (Å²) in [5, 5.41) is 11.9. The van der Waals surface area contributed by atoms with Crippen LogP contribution in [0.25, 0.3) is 5.57 Å². The molecule has 0 aliphatic carbocycles. The molecular weight excluding hydrogens is 288 g/mol. The van der Waals surface area contributed by atoms with Crippen molar-refractivity contribution < 1.29 is 14.6 Å². The van der Waals surface area contributed by atoms with Crippen LogP contribution >= 0.6 is 11.3 Å². The van der Waals surface area contributed by atoms with Gasteiger partial charge in [-0.1, -0.05) is 6.08 Å². The zero-order valence-electron chi connectivity index (χ0n) is 11.8. The van der Waals surface area contributed by atoms with E-state index in [-0.39, 0.29) is 16.7 Å². The number of allylic oxidation sites excluding steroid dienone is 3. The lowest BCUT2D eigenvalue weighted by atomic mass is 10.1. The number of nitrogens with zero attached hydrogens (tertiary/aromatic N) is 1. The Labute approximate surface area is 126 Å². The van der Waals surface area contributed by atoms with E-state index in [9.17, 15) is 9.90 Å². The minimum atomic E-state index is -0.480. The van der Waals surface area contributed by atoms with Gasteiger partial charge in [0.2, 0.25) is 0 Å². The van der Waals surface area contributed by atoms with Crippen molar-refractivity contribution in [2.75, 3.05) is 6.61 Å². The zero-order chi connectivity index (χ0) is 15.0. The number of ether oxygens (including phenoxy) is 1. The van der Waals surface area contributed by atoms with Crippen LogP contribution in [0, 0.1) is 0 Å². The molecule has 0 amide bonds. The molecule has 0 radical (unpaired) electrons. The van der Waals surface area contributed by atoms with Crippen LogP contribution in [0.3, 0.4) is 0 Å². The number of aromatic hydroxyl groups is 1. The highest BCUT2D eigenvalue weighted by molar-refractivity contribution is 7.15. The van der Waals surface area contributed by atoms with E-state index < -0.39 is 5.97 Å². The highest BCUT2D eigenvalue weighted by Crippen LogP contribution is 2.39. The summed E-state index contributed by atoms with van der Waals surface area (Å²) in [5.74, 6) is -0.506. The molecule has 0 fully saturated rings. The lowest BCUT2D eigenvalue weighted by molar-refractivity contribution is 0.0529. The van der Waals surface area contributed by atoms with Crippen molar-refractivity contribution in [3.05, 3.63) is 45.9 Å². The van der Waals surface area contributed by atoms with Gasteiger partial charge in [0, 0.05) is 16.7 Å². The topological polar surface area (TPSA) is 61.8 Å². The minimum absolute atomic E-state index is 0.0254. The van der Waals surface area contributed by atoms with Crippen LogP contribution in [0.2, 0.25) is 0 Å². The van der Waals surface area contributed by atoms with Gasteiger partial charge in [0.15, 0.2) is 4.88 Å². The summed E-state index contributed by atoms with van der Waals surface area (Å²) in [4.78, 5) is 12.9. The SMILES string of the molecule is CCOC(=O)c1sc(C2=C3C=CC=CN3NC2C)cc1O. The largest absolute Gasteiger partial charge is 0.506 e. The predicted molar refractivity (Wildman–Crippen MR) is 81.6 cm³/mol. The maximum absolute atomic E-state index is 11.8. The Bertz CT molecular complexity index is 672. The van der Waals surface area contributed by atoms with E-state index in [4.69, 9.17) is 4.74 Å². The minimum Gasteiger partial charge on any atom is -0.506 e. The molecule has 3 rings (SSSR count). The Morgan fingerprint density at radius 1 is 1.52 bits per heavy atom. The van der Waals surface area contributed by atoms with Crippen molar-refractivity contribution in [2.24, 2.45) is 0 Å². The fourth-order valence-electron chi connectivity index (χ4n) is 2.47. The third-order valence-corrected chi connectivity index (χ3v) is 4.48. The lowest BCUT2D eigenvalue weighted by Crippen LogP contribution is -2.32. The second-order valence-corrected chi connectivity index (χ2v) is 5.82. The van der Waals surface area contributed by atoms with Crippen molar-refractivity contribution in [1.29, 1.82) is 0 Å². The van der Waals surface area contributed by atoms with Gasteiger partial charge < -0.3 is 9.84 Å². The smallest absolute Gasteiger partial charge is 0.352 e. The van der Waals surface area contributed by atoms with Crippen LogP contribution < -0.4 is 5.43 Å². The maximum atomic E-state index is 11.8. The van der Waals surface area contributed by atoms with Crippen LogP contribution in [0.5, 0.6) is 5.75 Å². The molecule has 110 valence electrons. The first-order valence-corrected chi connectivity index (χ1v) is 7.58. The normalized spacial score (nSPS) is 20.1. The van der Waals surface area contributed by atoms with Crippen molar-refractivity contribution in [2.45, 2.75) is 19.9 Å². The van der Waals surface area contributed by atoms with Crippen molar-refractivity contribution in [3.8, 4) is 5.75 Å². The van der Waals surface area contributed by atoms with Gasteiger partial charge in [-0.15, -0.1) is 11.3 Å². The lowest BCUT2D eigenvalue weighted by Gasteiger charge is -2.18. The standard InChI is InChI=1S/C15H16N2O3S/c1-3-20-15(19)14-11(18)8-12(21-14)13-9(2)16-17-7-5-4-6-10(13)17/h4-9,16,18H,3H2,1-2H3. The number of nitrogens with one attached hydrogen (secondary N) is 1. The molecule has 2 N–H and O–H groups in total. The van der Waals surface area contributed by atoms with Crippen molar-refractivity contribution in [1.82, 2.24) is 10.4 Å². The fraction of sp³-hybridized carbons (Fsp3) is 0.267. The molecule has 1 aromatic rings. The van der Waals surface area contributed by atoms with Gasteiger partial charge in [0.1, 0.15) is 5.75 Å². The quantitative estimate of drug-likeness (QED) is 0.841. The Morgan fingerprint density at radius 3 is 3.10 bits per heavy atom. The summed E-state index contributed by atoms with van der Waals surface area (Å²) in [7, 11) is 0. The van der Waals surface area contributed by atoms with E-state index in [0.29, 0.717) is 6.61 Å². The van der Waals surface area contributed by atoms with Crippen LogP contribution in [0.15, 0.2) is 36.2 Å². The van der Waals surface area contributed by atoms with Gasteiger partial charge >= 0.3 is 5.97 Å². The maximum Gasteiger partial charge on any atom is 0.352 e. The van der Waals surface area contributed by atoms with E-state index in [1.54, 1.807) is 13.0 Å². The first kappa shape index (κ1) is 13.9. The summed E-state index contributed by atoms with van der Waals surface area (Å²) < 4.78 is 4.96. The molecule has 2 aliphatic rings. The summed E-state index contributed by atoms with van der Waals surface area (Å²) in [6.45, 7) is 4.08. The molecular formula is C15H16N2O3S. The number of carbonyl (C=O) groups excluding carboxylic acids is 1. The van der Waals surface area contributed by atoms with Crippen LogP contribution in [0.1, 0.15) is 28.4 Å². The van der Waals surface area contributed by atoms with Gasteiger partial charge in [0.05, 0.1) is 18.3 Å². The zero-order valence-corrected chi connectivity index (χ0v) is 12.6.